The quantitative estimate of drug-likeness (QED) is 0.796. The van der Waals surface area contributed by atoms with Gasteiger partial charge in [0.1, 0.15) is 6.61 Å². The van der Waals surface area contributed by atoms with E-state index >= 15 is 0 Å². The Morgan fingerprint density at radius 3 is 2.50 bits per heavy atom. The molecule has 0 amide bonds. The molecule has 2 unspecified atom stereocenters. The normalized spacial score (nSPS) is 51.9. The highest BCUT2D eigenvalue weighted by atomic mass is 16.3. The Hall–Kier alpha value is -0.410. The Kier molecular flexibility index (Phi) is 5.01. The first-order valence-electron chi connectivity index (χ1n) is 11.2. The summed E-state index contributed by atoms with van der Waals surface area (Å²) >= 11 is 0. The highest BCUT2D eigenvalue weighted by molar-refractivity contribution is 5.83. The number of aliphatic hydroxyl groups is 2. The van der Waals surface area contributed by atoms with Gasteiger partial charge in [-0.2, -0.15) is 0 Å². The summed E-state index contributed by atoms with van der Waals surface area (Å²) in [7, 11) is 0. The van der Waals surface area contributed by atoms with Crippen molar-refractivity contribution in [3.05, 3.63) is 0 Å². The number of rotatable bonds is 3. The summed E-state index contributed by atoms with van der Waals surface area (Å²) < 4.78 is 0. The van der Waals surface area contributed by atoms with E-state index in [1.807, 2.05) is 6.92 Å². The van der Waals surface area contributed by atoms with Crippen LogP contribution in [0.25, 0.3) is 0 Å². The van der Waals surface area contributed by atoms with Gasteiger partial charge in [-0.05, 0) is 105 Å². The predicted octanol–water partition coefficient (Wildman–Crippen LogP) is 4.06. The highest BCUT2D eigenvalue weighted by Crippen LogP contribution is 2.65. The van der Waals surface area contributed by atoms with Crippen molar-refractivity contribution in [3.63, 3.8) is 0 Å². The van der Waals surface area contributed by atoms with Gasteiger partial charge < -0.3 is 10.2 Å². The molecule has 4 fully saturated rings. The van der Waals surface area contributed by atoms with E-state index in [2.05, 4.69) is 13.8 Å². The minimum absolute atomic E-state index is 0.0852. The first kappa shape index (κ1) is 18.9. The largest absolute Gasteiger partial charge is 0.393 e. The molecule has 148 valence electrons. The van der Waals surface area contributed by atoms with Crippen molar-refractivity contribution >= 4 is 5.78 Å². The van der Waals surface area contributed by atoms with Gasteiger partial charge in [0.15, 0.2) is 5.78 Å². The summed E-state index contributed by atoms with van der Waals surface area (Å²) in [5.74, 6) is 5.31. The average Bonchev–Trinajstić information content (AvgIpc) is 2.98. The molecule has 0 saturated heterocycles. The number of aliphatic hydroxyl groups excluding tert-OH is 2. The Morgan fingerprint density at radius 2 is 1.81 bits per heavy atom. The molecule has 0 aromatic carbocycles. The number of hydrogen-bond donors (Lipinski definition) is 2. The molecule has 4 aliphatic rings. The van der Waals surface area contributed by atoms with E-state index in [1.165, 1.54) is 38.5 Å². The van der Waals surface area contributed by atoms with Crippen LogP contribution in [0.4, 0.5) is 0 Å². The Morgan fingerprint density at radius 1 is 1.04 bits per heavy atom. The van der Waals surface area contributed by atoms with Gasteiger partial charge in [0.2, 0.25) is 0 Å². The van der Waals surface area contributed by atoms with Crippen LogP contribution in [0.5, 0.6) is 0 Å². The molecule has 0 bridgehead atoms. The molecule has 0 heterocycles. The summed E-state index contributed by atoms with van der Waals surface area (Å²) in [6.07, 6.45) is 9.48. The van der Waals surface area contributed by atoms with Crippen molar-refractivity contribution in [1.29, 1.82) is 0 Å². The monoisotopic (exact) mass is 362 g/mol. The minimum atomic E-state index is -0.280. The van der Waals surface area contributed by atoms with Crippen LogP contribution in [0.3, 0.4) is 0 Å². The maximum absolute atomic E-state index is 12.4. The van der Waals surface area contributed by atoms with E-state index in [-0.39, 0.29) is 29.8 Å². The van der Waals surface area contributed by atoms with Gasteiger partial charge in [0, 0.05) is 5.92 Å². The van der Waals surface area contributed by atoms with Crippen molar-refractivity contribution in [2.45, 2.75) is 78.2 Å². The Bertz CT molecular complexity index is 544. The summed E-state index contributed by atoms with van der Waals surface area (Å²) in [4.78, 5) is 12.4. The fraction of sp³-hybridized carbons (Fsp3) is 0.957. The zero-order valence-electron chi connectivity index (χ0n) is 16.9. The van der Waals surface area contributed by atoms with Gasteiger partial charge in [-0.1, -0.05) is 13.8 Å². The molecule has 4 aliphatic carbocycles. The van der Waals surface area contributed by atoms with Gasteiger partial charge >= 0.3 is 0 Å². The standard InChI is InChI=1S/C23H38O3/c1-13-10-19-17(18-11-15(14(2)25)4-5-16(13)18)8-9-23(3)20(19)6-7-21(23)22(26)12-24/h13-21,24-25H,4-12H2,1-3H3/t13-,14?,15?,16+,17-,18+,19-,20+,21-,23+/m1/s1. The van der Waals surface area contributed by atoms with Gasteiger partial charge in [-0.15, -0.1) is 0 Å². The molecule has 0 radical (unpaired) electrons. The van der Waals surface area contributed by atoms with Crippen LogP contribution < -0.4 is 0 Å². The molecule has 4 saturated carbocycles. The van der Waals surface area contributed by atoms with E-state index in [4.69, 9.17) is 0 Å². The van der Waals surface area contributed by atoms with Crippen molar-refractivity contribution in [3.8, 4) is 0 Å². The molecule has 0 aliphatic heterocycles. The van der Waals surface area contributed by atoms with Gasteiger partial charge in [0.05, 0.1) is 6.10 Å². The van der Waals surface area contributed by atoms with Crippen LogP contribution in [-0.4, -0.2) is 28.7 Å². The van der Waals surface area contributed by atoms with Gasteiger partial charge in [-0.3, -0.25) is 4.79 Å². The van der Waals surface area contributed by atoms with E-state index in [9.17, 15) is 15.0 Å². The van der Waals surface area contributed by atoms with Crippen molar-refractivity contribution in [2.24, 2.45) is 52.8 Å². The number of carbonyl (C=O) groups is 1. The molecule has 2 N–H and O–H groups in total. The predicted molar refractivity (Wildman–Crippen MR) is 102 cm³/mol. The zero-order valence-corrected chi connectivity index (χ0v) is 16.9. The van der Waals surface area contributed by atoms with E-state index in [1.54, 1.807) is 0 Å². The number of Topliss-reactive ketones (excluding diaryl/α,β-unsaturated/α-hetero) is 1. The number of fused-ring (bicyclic) bond motifs is 5. The fourth-order valence-corrected chi connectivity index (χ4v) is 8.33. The molecule has 3 heteroatoms. The van der Waals surface area contributed by atoms with E-state index in [0.29, 0.717) is 11.8 Å². The van der Waals surface area contributed by atoms with Crippen molar-refractivity contribution < 1.29 is 15.0 Å². The SMILES string of the molecule is CC(O)C1CC[C@@H]2[C@H](C1)[C@H]1CC[C@]3(C)[C@@H](C(=O)CO)CC[C@H]3[C@@H]1C[C@H]2C. The van der Waals surface area contributed by atoms with Crippen LogP contribution >= 0.6 is 0 Å². The number of hydrogen-bond acceptors (Lipinski definition) is 3. The molecule has 4 rings (SSSR count). The fourth-order valence-electron chi connectivity index (χ4n) is 8.33. The maximum Gasteiger partial charge on any atom is 0.161 e. The third-order valence-corrected chi connectivity index (χ3v) is 9.64. The minimum Gasteiger partial charge on any atom is -0.393 e. The Labute approximate surface area is 158 Å². The molecule has 0 aromatic rings. The molecule has 3 nitrogen and oxygen atoms in total. The van der Waals surface area contributed by atoms with Gasteiger partial charge in [0.25, 0.3) is 0 Å². The molecule has 0 aromatic heterocycles. The summed E-state index contributed by atoms with van der Waals surface area (Å²) in [5.41, 5.74) is 0.117. The first-order chi connectivity index (χ1) is 12.4. The second kappa shape index (κ2) is 6.88. The van der Waals surface area contributed by atoms with Crippen molar-refractivity contribution in [1.82, 2.24) is 0 Å². The number of ketones is 1. The second-order valence-corrected chi connectivity index (χ2v) is 10.6. The maximum atomic E-state index is 12.4. The molecule has 10 atom stereocenters. The lowest BCUT2D eigenvalue weighted by Crippen LogP contribution is -2.52. The first-order valence-corrected chi connectivity index (χ1v) is 11.2. The van der Waals surface area contributed by atoms with Crippen LogP contribution in [0.1, 0.15) is 72.1 Å². The lowest BCUT2D eigenvalue weighted by Gasteiger charge is -2.58. The Balaban J connectivity index is 1.58. The third kappa shape index (κ3) is 2.80. The topological polar surface area (TPSA) is 57.5 Å². The molecular formula is C23H38O3. The summed E-state index contributed by atoms with van der Waals surface area (Å²) in [6, 6.07) is 0. The second-order valence-electron chi connectivity index (χ2n) is 10.6. The van der Waals surface area contributed by atoms with Crippen LogP contribution in [0.15, 0.2) is 0 Å². The zero-order chi connectivity index (χ0) is 18.6. The van der Waals surface area contributed by atoms with E-state index < -0.39 is 0 Å². The third-order valence-electron chi connectivity index (χ3n) is 9.64. The van der Waals surface area contributed by atoms with Crippen LogP contribution in [0, 0.1) is 52.8 Å². The number of carbonyl (C=O) groups excluding carboxylic acids is 1. The van der Waals surface area contributed by atoms with Crippen LogP contribution in [-0.2, 0) is 4.79 Å². The van der Waals surface area contributed by atoms with Crippen LogP contribution in [0.2, 0.25) is 0 Å². The van der Waals surface area contributed by atoms with Gasteiger partial charge in [-0.25, -0.2) is 0 Å². The molecule has 26 heavy (non-hydrogen) atoms. The molecular weight excluding hydrogens is 324 g/mol. The lowest BCUT2D eigenvalue weighted by molar-refractivity contribution is -0.135. The van der Waals surface area contributed by atoms with E-state index in [0.717, 1.165) is 42.4 Å². The smallest absolute Gasteiger partial charge is 0.161 e. The lowest BCUT2D eigenvalue weighted by atomic mass is 9.47. The summed E-state index contributed by atoms with van der Waals surface area (Å²) in [6.45, 7) is 6.52. The average molecular weight is 363 g/mol. The summed E-state index contributed by atoms with van der Waals surface area (Å²) in [5, 5.41) is 19.6. The molecule has 0 spiro atoms. The highest BCUT2D eigenvalue weighted by Gasteiger charge is 2.59. The van der Waals surface area contributed by atoms with Crippen molar-refractivity contribution in [2.75, 3.05) is 6.61 Å².